The van der Waals surface area contributed by atoms with Crippen molar-refractivity contribution in [1.29, 1.82) is 0 Å². The SMILES string of the molecule is CC(C)Oc1cc(Br)cc(C(=O)O)c1. The highest BCUT2D eigenvalue weighted by Crippen LogP contribution is 2.22. The summed E-state index contributed by atoms with van der Waals surface area (Å²) in [6, 6.07) is 4.79. The van der Waals surface area contributed by atoms with E-state index in [1.807, 2.05) is 13.8 Å². The number of hydrogen-bond donors (Lipinski definition) is 1. The Bertz CT molecular complexity index is 347. The third-order valence-corrected chi connectivity index (χ3v) is 1.95. The zero-order valence-electron chi connectivity index (χ0n) is 7.95. The van der Waals surface area contributed by atoms with Crippen LogP contribution in [0.3, 0.4) is 0 Å². The average molecular weight is 259 g/mol. The van der Waals surface area contributed by atoms with Crippen LogP contribution < -0.4 is 4.74 Å². The van der Waals surface area contributed by atoms with Gasteiger partial charge in [-0.25, -0.2) is 4.79 Å². The molecule has 0 aliphatic rings. The van der Waals surface area contributed by atoms with Gasteiger partial charge in [-0.05, 0) is 32.0 Å². The van der Waals surface area contributed by atoms with Crippen molar-refractivity contribution in [3.05, 3.63) is 28.2 Å². The predicted octanol–water partition coefficient (Wildman–Crippen LogP) is 2.93. The van der Waals surface area contributed by atoms with Crippen LogP contribution in [0.4, 0.5) is 0 Å². The Kier molecular flexibility index (Phi) is 3.52. The molecule has 14 heavy (non-hydrogen) atoms. The van der Waals surface area contributed by atoms with Crippen molar-refractivity contribution in [3.63, 3.8) is 0 Å². The number of hydrogen-bond acceptors (Lipinski definition) is 2. The number of carbonyl (C=O) groups is 1. The van der Waals surface area contributed by atoms with Crippen LogP contribution >= 0.6 is 15.9 Å². The second-order valence-corrected chi connectivity index (χ2v) is 4.06. The van der Waals surface area contributed by atoms with Gasteiger partial charge >= 0.3 is 5.97 Å². The van der Waals surface area contributed by atoms with Crippen molar-refractivity contribution < 1.29 is 14.6 Å². The zero-order valence-corrected chi connectivity index (χ0v) is 9.54. The van der Waals surface area contributed by atoms with Crippen molar-refractivity contribution in [2.75, 3.05) is 0 Å². The molecule has 0 radical (unpaired) electrons. The molecular formula is C10H11BrO3. The molecule has 3 nitrogen and oxygen atoms in total. The van der Waals surface area contributed by atoms with E-state index >= 15 is 0 Å². The summed E-state index contributed by atoms with van der Waals surface area (Å²) in [5, 5.41) is 8.79. The van der Waals surface area contributed by atoms with Gasteiger partial charge in [0, 0.05) is 4.47 Å². The van der Waals surface area contributed by atoms with Gasteiger partial charge in [-0.1, -0.05) is 15.9 Å². The summed E-state index contributed by atoms with van der Waals surface area (Å²) in [5.74, 6) is -0.397. The highest BCUT2D eigenvalue weighted by molar-refractivity contribution is 9.10. The Morgan fingerprint density at radius 1 is 1.43 bits per heavy atom. The largest absolute Gasteiger partial charge is 0.491 e. The minimum absolute atomic E-state index is 0.0333. The van der Waals surface area contributed by atoms with Crippen LogP contribution in [0.2, 0.25) is 0 Å². The fourth-order valence-electron chi connectivity index (χ4n) is 1.03. The first kappa shape index (κ1) is 11.0. The lowest BCUT2D eigenvalue weighted by molar-refractivity contribution is 0.0696. The summed E-state index contributed by atoms with van der Waals surface area (Å²) in [6.45, 7) is 3.78. The van der Waals surface area contributed by atoms with Gasteiger partial charge in [0.15, 0.2) is 0 Å². The number of carboxylic acid groups (broad SMARTS) is 1. The molecule has 0 aliphatic carbocycles. The molecule has 0 fully saturated rings. The average Bonchev–Trinajstić information content (AvgIpc) is 2.01. The number of benzene rings is 1. The van der Waals surface area contributed by atoms with Crippen molar-refractivity contribution in [1.82, 2.24) is 0 Å². The maximum absolute atomic E-state index is 10.7. The second kappa shape index (κ2) is 4.46. The summed E-state index contributed by atoms with van der Waals surface area (Å²) in [5.41, 5.74) is 0.218. The van der Waals surface area contributed by atoms with Gasteiger partial charge in [0.05, 0.1) is 11.7 Å². The van der Waals surface area contributed by atoms with Crippen LogP contribution in [0.5, 0.6) is 5.75 Å². The normalized spacial score (nSPS) is 10.3. The molecule has 0 aromatic heterocycles. The summed E-state index contributed by atoms with van der Waals surface area (Å²) in [4.78, 5) is 10.7. The molecule has 0 bridgehead atoms. The Hall–Kier alpha value is -1.03. The number of aromatic carboxylic acids is 1. The lowest BCUT2D eigenvalue weighted by Gasteiger charge is -2.10. The summed E-state index contributed by atoms with van der Waals surface area (Å²) in [7, 11) is 0. The van der Waals surface area contributed by atoms with E-state index in [-0.39, 0.29) is 11.7 Å². The third kappa shape index (κ3) is 3.03. The molecule has 0 amide bonds. The van der Waals surface area contributed by atoms with Crippen LogP contribution in [-0.2, 0) is 0 Å². The van der Waals surface area contributed by atoms with Gasteiger partial charge in [0.2, 0.25) is 0 Å². The molecule has 76 valence electrons. The molecule has 4 heteroatoms. The van der Waals surface area contributed by atoms with E-state index in [4.69, 9.17) is 9.84 Å². The Labute approximate surface area is 90.8 Å². The molecular weight excluding hydrogens is 248 g/mol. The predicted molar refractivity (Wildman–Crippen MR) is 56.9 cm³/mol. The first-order valence-electron chi connectivity index (χ1n) is 4.19. The van der Waals surface area contributed by atoms with Gasteiger partial charge in [0.25, 0.3) is 0 Å². The van der Waals surface area contributed by atoms with E-state index in [1.165, 1.54) is 12.1 Å². The summed E-state index contributed by atoms with van der Waals surface area (Å²) < 4.78 is 6.09. The summed E-state index contributed by atoms with van der Waals surface area (Å²) >= 11 is 3.23. The van der Waals surface area contributed by atoms with Crippen molar-refractivity contribution >= 4 is 21.9 Å². The molecule has 1 rings (SSSR count). The van der Waals surface area contributed by atoms with Crippen LogP contribution in [-0.4, -0.2) is 17.2 Å². The van der Waals surface area contributed by atoms with Crippen molar-refractivity contribution in [2.24, 2.45) is 0 Å². The standard InChI is InChI=1S/C10H11BrO3/c1-6(2)14-9-4-7(10(12)13)3-8(11)5-9/h3-6H,1-2H3,(H,12,13). The minimum atomic E-state index is -0.958. The second-order valence-electron chi connectivity index (χ2n) is 3.15. The molecule has 1 N–H and O–H groups in total. The first-order valence-corrected chi connectivity index (χ1v) is 4.99. The molecule has 1 aromatic carbocycles. The molecule has 0 spiro atoms. The van der Waals surface area contributed by atoms with E-state index < -0.39 is 5.97 Å². The highest BCUT2D eigenvalue weighted by atomic mass is 79.9. The number of carboxylic acids is 1. The van der Waals surface area contributed by atoms with Gasteiger partial charge in [-0.3, -0.25) is 0 Å². The van der Waals surface area contributed by atoms with Crippen molar-refractivity contribution in [3.8, 4) is 5.75 Å². The van der Waals surface area contributed by atoms with E-state index in [0.717, 1.165) is 0 Å². The van der Waals surface area contributed by atoms with Gasteiger partial charge < -0.3 is 9.84 Å². The maximum Gasteiger partial charge on any atom is 0.335 e. The molecule has 1 aromatic rings. The first-order chi connectivity index (χ1) is 6.49. The number of ether oxygens (including phenoxy) is 1. The molecule has 0 heterocycles. The zero-order chi connectivity index (χ0) is 10.7. The Balaban J connectivity index is 3.01. The molecule has 0 unspecified atom stereocenters. The molecule has 0 saturated heterocycles. The van der Waals surface area contributed by atoms with E-state index in [0.29, 0.717) is 10.2 Å². The maximum atomic E-state index is 10.7. The number of halogens is 1. The molecule has 0 saturated carbocycles. The van der Waals surface area contributed by atoms with E-state index in [2.05, 4.69) is 15.9 Å². The van der Waals surface area contributed by atoms with Crippen LogP contribution in [0, 0.1) is 0 Å². The van der Waals surface area contributed by atoms with E-state index in [1.54, 1.807) is 6.07 Å². The van der Waals surface area contributed by atoms with Gasteiger partial charge in [0.1, 0.15) is 5.75 Å². The minimum Gasteiger partial charge on any atom is -0.491 e. The lowest BCUT2D eigenvalue weighted by atomic mass is 10.2. The quantitative estimate of drug-likeness (QED) is 0.907. The number of rotatable bonds is 3. The van der Waals surface area contributed by atoms with Gasteiger partial charge in [-0.2, -0.15) is 0 Å². The van der Waals surface area contributed by atoms with Crippen LogP contribution in [0.15, 0.2) is 22.7 Å². The molecule has 0 aliphatic heterocycles. The topological polar surface area (TPSA) is 46.5 Å². The highest BCUT2D eigenvalue weighted by Gasteiger charge is 2.07. The Morgan fingerprint density at radius 3 is 2.57 bits per heavy atom. The fraction of sp³-hybridized carbons (Fsp3) is 0.300. The smallest absolute Gasteiger partial charge is 0.335 e. The van der Waals surface area contributed by atoms with Gasteiger partial charge in [-0.15, -0.1) is 0 Å². The van der Waals surface area contributed by atoms with Crippen LogP contribution in [0.25, 0.3) is 0 Å². The lowest BCUT2D eigenvalue weighted by Crippen LogP contribution is -2.06. The summed E-state index contributed by atoms with van der Waals surface area (Å²) in [6.07, 6.45) is 0.0333. The van der Waals surface area contributed by atoms with Crippen LogP contribution in [0.1, 0.15) is 24.2 Å². The molecule has 0 atom stereocenters. The van der Waals surface area contributed by atoms with E-state index in [9.17, 15) is 4.79 Å². The van der Waals surface area contributed by atoms with Crippen molar-refractivity contribution in [2.45, 2.75) is 20.0 Å². The fourth-order valence-corrected chi connectivity index (χ4v) is 1.50. The Morgan fingerprint density at radius 2 is 2.07 bits per heavy atom. The monoisotopic (exact) mass is 258 g/mol. The third-order valence-electron chi connectivity index (χ3n) is 1.49.